The van der Waals surface area contributed by atoms with E-state index in [-0.39, 0.29) is 30.5 Å². The van der Waals surface area contributed by atoms with E-state index < -0.39 is 11.9 Å². The lowest BCUT2D eigenvalue weighted by Gasteiger charge is -2.12. The van der Waals surface area contributed by atoms with Gasteiger partial charge in [0.25, 0.3) is 0 Å². The number of hydrogen-bond donors (Lipinski definition) is 3. The largest absolute Gasteiger partial charge is 0.481 e. The first-order valence-electron chi connectivity index (χ1n) is 11.9. The molecule has 1 unspecified atom stereocenters. The van der Waals surface area contributed by atoms with Gasteiger partial charge in [0.05, 0.1) is 0 Å². The molecule has 0 aromatic carbocycles. The van der Waals surface area contributed by atoms with Gasteiger partial charge in [0.2, 0.25) is 5.91 Å². The normalized spacial score (nSPS) is 12.2. The molecular formula is C24H43NO5S. The van der Waals surface area contributed by atoms with Crippen LogP contribution in [0.5, 0.6) is 0 Å². The van der Waals surface area contributed by atoms with Crippen molar-refractivity contribution in [3.05, 3.63) is 12.2 Å². The molecule has 0 spiro atoms. The number of aliphatic carboxylic acids is 2. The van der Waals surface area contributed by atoms with Crippen LogP contribution in [0.4, 0.5) is 0 Å². The van der Waals surface area contributed by atoms with E-state index in [2.05, 4.69) is 24.4 Å². The molecule has 0 bridgehead atoms. The molecule has 0 radical (unpaired) electrons. The number of carbonyl (C=O) groups is 3. The molecule has 0 aromatic heterocycles. The van der Waals surface area contributed by atoms with Crippen LogP contribution in [0.25, 0.3) is 0 Å². The van der Waals surface area contributed by atoms with Crippen LogP contribution >= 0.6 is 11.8 Å². The van der Waals surface area contributed by atoms with Crippen molar-refractivity contribution < 1.29 is 24.6 Å². The molecule has 6 nitrogen and oxygen atoms in total. The highest BCUT2D eigenvalue weighted by Gasteiger charge is 2.09. The number of carbonyl (C=O) groups excluding carboxylic acids is 1. The van der Waals surface area contributed by atoms with Gasteiger partial charge in [-0.2, -0.15) is 11.8 Å². The molecule has 3 N–H and O–H groups in total. The van der Waals surface area contributed by atoms with Crippen LogP contribution in [0.15, 0.2) is 12.2 Å². The molecule has 0 heterocycles. The van der Waals surface area contributed by atoms with Crippen LogP contribution in [0.2, 0.25) is 0 Å². The smallest absolute Gasteiger partial charge is 0.322 e. The lowest BCUT2D eigenvalue weighted by Crippen LogP contribution is -2.29. The maximum atomic E-state index is 11.6. The summed E-state index contributed by atoms with van der Waals surface area (Å²) in [5, 5.41) is 20.0. The minimum atomic E-state index is -1.05. The van der Waals surface area contributed by atoms with E-state index in [9.17, 15) is 14.4 Å². The Labute approximate surface area is 192 Å². The van der Waals surface area contributed by atoms with Crippen LogP contribution in [0, 0.1) is 0 Å². The maximum Gasteiger partial charge on any atom is 0.322 e. The van der Waals surface area contributed by atoms with E-state index in [1.807, 2.05) is 0 Å². The molecule has 0 aliphatic heterocycles. The van der Waals surface area contributed by atoms with E-state index >= 15 is 0 Å². The predicted molar refractivity (Wildman–Crippen MR) is 129 cm³/mol. The first-order chi connectivity index (χ1) is 15.0. The molecule has 1 atom stereocenters. The summed E-state index contributed by atoms with van der Waals surface area (Å²) >= 11 is 1.63. The van der Waals surface area contributed by atoms with Gasteiger partial charge in [-0.15, -0.1) is 0 Å². The minimum absolute atomic E-state index is 0.155. The summed E-state index contributed by atoms with van der Waals surface area (Å²) in [7, 11) is 0. The van der Waals surface area contributed by atoms with Gasteiger partial charge in [0.15, 0.2) is 0 Å². The number of unbranched alkanes of at least 4 members (excludes halogenated alkanes) is 10. The second kappa shape index (κ2) is 21.7. The van der Waals surface area contributed by atoms with Crippen molar-refractivity contribution in [1.82, 2.24) is 5.32 Å². The Bertz CT molecular complexity index is 510. The fourth-order valence-corrected chi connectivity index (χ4v) is 4.41. The van der Waals surface area contributed by atoms with Crippen molar-refractivity contribution in [2.45, 2.75) is 108 Å². The highest BCUT2D eigenvalue weighted by Crippen LogP contribution is 2.20. The SMILES string of the molecule is CCCCCCCCCCCCC=CC(CCCC(=O)O)SCCC(=O)NCC(=O)O. The third-order valence-electron chi connectivity index (χ3n) is 5.05. The molecule has 0 saturated heterocycles. The van der Waals surface area contributed by atoms with Crippen molar-refractivity contribution in [1.29, 1.82) is 0 Å². The van der Waals surface area contributed by atoms with E-state index in [1.54, 1.807) is 11.8 Å². The molecule has 31 heavy (non-hydrogen) atoms. The summed E-state index contributed by atoms with van der Waals surface area (Å²) in [4.78, 5) is 32.9. The molecule has 0 rings (SSSR count). The van der Waals surface area contributed by atoms with Gasteiger partial charge in [0, 0.05) is 23.8 Å². The van der Waals surface area contributed by atoms with Crippen molar-refractivity contribution in [2.24, 2.45) is 0 Å². The van der Waals surface area contributed by atoms with E-state index in [0.717, 1.165) is 12.8 Å². The molecule has 0 aliphatic rings. The molecule has 7 heteroatoms. The zero-order chi connectivity index (χ0) is 23.2. The van der Waals surface area contributed by atoms with E-state index in [0.29, 0.717) is 12.2 Å². The first-order valence-corrected chi connectivity index (χ1v) is 13.0. The highest BCUT2D eigenvalue weighted by atomic mass is 32.2. The Balaban J connectivity index is 3.98. The Morgan fingerprint density at radius 1 is 0.839 bits per heavy atom. The number of rotatable bonds is 22. The zero-order valence-electron chi connectivity index (χ0n) is 19.3. The van der Waals surface area contributed by atoms with Crippen molar-refractivity contribution in [3.63, 3.8) is 0 Å². The Morgan fingerprint density at radius 2 is 1.45 bits per heavy atom. The van der Waals surface area contributed by atoms with E-state index in [4.69, 9.17) is 10.2 Å². The van der Waals surface area contributed by atoms with Crippen molar-refractivity contribution in [3.8, 4) is 0 Å². The summed E-state index contributed by atoms with van der Waals surface area (Å²) in [6, 6.07) is 0. The Morgan fingerprint density at radius 3 is 2.03 bits per heavy atom. The van der Waals surface area contributed by atoms with Crippen LogP contribution in [0.3, 0.4) is 0 Å². The number of carboxylic acid groups (broad SMARTS) is 2. The topological polar surface area (TPSA) is 104 Å². The van der Waals surface area contributed by atoms with Crippen LogP contribution in [-0.2, 0) is 14.4 Å². The molecule has 0 saturated carbocycles. The third kappa shape index (κ3) is 23.0. The van der Waals surface area contributed by atoms with Gasteiger partial charge >= 0.3 is 11.9 Å². The van der Waals surface area contributed by atoms with Gasteiger partial charge < -0.3 is 15.5 Å². The number of carboxylic acids is 2. The number of nitrogens with one attached hydrogen (secondary N) is 1. The third-order valence-corrected chi connectivity index (χ3v) is 6.31. The summed E-state index contributed by atoms with van der Waals surface area (Å²) < 4.78 is 0. The fourth-order valence-electron chi connectivity index (χ4n) is 3.25. The Kier molecular flexibility index (Phi) is 20.7. The lowest BCUT2D eigenvalue weighted by molar-refractivity contribution is -0.138. The van der Waals surface area contributed by atoms with Crippen molar-refractivity contribution >= 4 is 29.6 Å². The average Bonchev–Trinajstić information content (AvgIpc) is 2.72. The molecule has 0 fully saturated rings. The second-order valence-corrected chi connectivity index (χ2v) is 9.36. The number of hydrogen-bond acceptors (Lipinski definition) is 4. The fraction of sp³-hybridized carbons (Fsp3) is 0.792. The molecular weight excluding hydrogens is 414 g/mol. The van der Waals surface area contributed by atoms with Gasteiger partial charge in [-0.25, -0.2) is 0 Å². The molecule has 0 aromatic rings. The van der Waals surface area contributed by atoms with Crippen LogP contribution < -0.4 is 5.32 Å². The minimum Gasteiger partial charge on any atom is -0.481 e. The summed E-state index contributed by atoms with van der Waals surface area (Å²) in [6.07, 6.45) is 20.3. The van der Waals surface area contributed by atoms with Gasteiger partial charge in [-0.1, -0.05) is 76.9 Å². The van der Waals surface area contributed by atoms with Crippen LogP contribution in [0.1, 0.15) is 103 Å². The Hall–Kier alpha value is -1.50. The standard InChI is InChI=1S/C24H43NO5S/c1-2-3-4-5-6-7-8-9-10-11-12-13-15-21(16-14-17-23(27)28)31-19-18-22(26)25-20-24(29)30/h13,15,21H,2-12,14,16-20H2,1H3,(H,25,26)(H,27,28)(H,29,30). The highest BCUT2D eigenvalue weighted by molar-refractivity contribution is 8.00. The second-order valence-electron chi connectivity index (χ2n) is 8.01. The summed E-state index contributed by atoms with van der Waals surface area (Å²) in [5.41, 5.74) is 0. The number of allylic oxidation sites excluding steroid dienone is 1. The monoisotopic (exact) mass is 457 g/mol. The predicted octanol–water partition coefficient (Wildman–Crippen LogP) is 5.80. The van der Waals surface area contributed by atoms with Gasteiger partial charge in [-0.3, -0.25) is 14.4 Å². The first kappa shape index (κ1) is 29.5. The van der Waals surface area contributed by atoms with Crippen molar-refractivity contribution in [2.75, 3.05) is 12.3 Å². The summed E-state index contributed by atoms with van der Waals surface area (Å²) in [6.45, 7) is 1.89. The van der Waals surface area contributed by atoms with E-state index in [1.165, 1.54) is 64.2 Å². The molecule has 180 valence electrons. The lowest BCUT2D eigenvalue weighted by atomic mass is 10.1. The maximum absolute atomic E-state index is 11.6. The average molecular weight is 458 g/mol. The van der Waals surface area contributed by atoms with Crippen LogP contribution in [-0.4, -0.2) is 45.6 Å². The van der Waals surface area contributed by atoms with Gasteiger partial charge in [0.1, 0.15) is 6.54 Å². The number of thioether (sulfide) groups is 1. The quantitative estimate of drug-likeness (QED) is 0.140. The molecule has 0 aliphatic carbocycles. The van der Waals surface area contributed by atoms with Gasteiger partial charge in [-0.05, 0) is 25.7 Å². The molecule has 1 amide bonds. The number of amides is 1. The zero-order valence-corrected chi connectivity index (χ0v) is 20.1. The summed E-state index contributed by atoms with van der Waals surface area (Å²) in [5.74, 6) is -1.52.